The molecule has 0 saturated carbocycles. The number of aromatic nitrogens is 2. The van der Waals surface area contributed by atoms with E-state index in [1.165, 1.54) is 16.7 Å². The van der Waals surface area contributed by atoms with Crippen molar-refractivity contribution in [2.45, 2.75) is 44.4 Å². The summed E-state index contributed by atoms with van der Waals surface area (Å²) < 4.78 is 0. The number of nitrogens with zero attached hydrogens (tertiary/aromatic N) is 2. The Hall–Kier alpha value is -1.59. The molecule has 4 nitrogen and oxygen atoms in total. The Labute approximate surface area is 130 Å². The number of nitrogens with two attached hydrogens (primary N) is 1. The lowest BCUT2D eigenvalue weighted by atomic mass is 10.1. The number of rotatable bonds is 6. The summed E-state index contributed by atoms with van der Waals surface area (Å²) in [7, 11) is 0. The lowest BCUT2D eigenvalue weighted by molar-refractivity contribution is 0.856. The molecular weight excluding hydrogens is 280 g/mol. The van der Waals surface area contributed by atoms with E-state index in [0.717, 1.165) is 35.0 Å². The third-order valence-electron chi connectivity index (χ3n) is 3.20. The van der Waals surface area contributed by atoms with Gasteiger partial charge in [-0.05, 0) is 25.8 Å². The summed E-state index contributed by atoms with van der Waals surface area (Å²) in [5.41, 5.74) is 7.70. The van der Waals surface area contributed by atoms with Crippen LogP contribution in [0.15, 0.2) is 29.6 Å². The minimum atomic E-state index is 0.731. The highest BCUT2D eigenvalue weighted by atomic mass is 32.2. The Bertz CT molecular complexity index is 593. The average Bonchev–Trinajstić information content (AvgIpc) is 2.45. The molecule has 0 radical (unpaired) electrons. The van der Waals surface area contributed by atoms with Crippen LogP contribution in [0, 0.1) is 13.8 Å². The highest BCUT2D eigenvalue weighted by molar-refractivity contribution is 7.98. The standard InChI is InChI=1S/C16H22N4S/c1-4-5-14-15(20-17)18-10-19-16(14)21-9-13-7-11(2)6-12(3)8-13/h6-8,10H,4-5,9,17H2,1-3H3,(H,18,19,20). The number of nitrogens with one attached hydrogen (secondary N) is 1. The van der Waals surface area contributed by atoms with Crippen molar-refractivity contribution in [3.8, 4) is 0 Å². The second-order valence-electron chi connectivity index (χ2n) is 5.18. The van der Waals surface area contributed by atoms with Gasteiger partial charge in [0.05, 0.1) is 0 Å². The molecule has 0 aliphatic rings. The Morgan fingerprint density at radius 1 is 1.14 bits per heavy atom. The van der Waals surface area contributed by atoms with Crippen molar-refractivity contribution in [3.63, 3.8) is 0 Å². The molecule has 0 aliphatic heterocycles. The second-order valence-corrected chi connectivity index (χ2v) is 6.15. The molecule has 0 amide bonds. The van der Waals surface area contributed by atoms with Gasteiger partial charge in [0.2, 0.25) is 0 Å². The molecule has 0 bridgehead atoms. The van der Waals surface area contributed by atoms with Gasteiger partial charge in [0.1, 0.15) is 17.2 Å². The maximum Gasteiger partial charge on any atom is 0.147 e. The summed E-state index contributed by atoms with van der Waals surface area (Å²) in [5, 5.41) is 1.01. The predicted molar refractivity (Wildman–Crippen MR) is 89.3 cm³/mol. The van der Waals surface area contributed by atoms with Crippen LogP contribution in [-0.4, -0.2) is 9.97 Å². The fourth-order valence-electron chi connectivity index (χ4n) is 2.42. The van der Waals surface area contributed by atoms with Gasteiger partial charge >= 0.3 is 0 Å². The van der Waals surface area contributed by atoms with Crippen molar-refractivity contribution in [3.05, 3.63) is 46.8 Å². The van der Waals surface area contributed by atoms with E-state index in [1.807, 2.05) is 0 Å². The Kier molecular flexibility index (Phi) is 5.59. The van der Waals surface area contributed by atoms with Crippen LogP contribution in [0.2, 0.25) is 0 Å². The summed E-state index contributed by atoms with van der Waals surface area (Å²) in [6.45, 7) is 6.40. The molecule has 1 aromatic carbocycles. The normalized spacial score (nSPS) is 10.7. The quantitative estimate of drug-likeness (QED) is 0.369. The van der Waals surface area contributed by atoms with Crippen LogP contribution < -0.4 is 11.3 Å². The van der Waals surface area contributed by atoms with Crippen LogP contribution in [0.1, 0.15) is 35.6 Å². The minimum absolute atomic E-state index is 0.731. The van der Waals surface area contributed by atoms with E-state index in [4.69, 9.17) is 5.84 Å². The number of benzene rings is 1. The molecule has 1 aromatic heterocycles. The van der Waals surface area contributed by atoms with E-state index >= 15 is 0 Å². The molecule has 2 rings (SSSR count). The van der Waals surface area contributed by atoms with Gasteiger partial charge in [-0.1, -0.05) is 42.7 Å². The minimum Gasteiger partial charge on any atom is -0.308 e. The van der Waals surface area contributed by atoms with Crippen LogP contribution in [0.5, 0.6) is 0 Å². The molecule has 3 N–H and O–H groups in total. The van der Waals surface area contributed by atoms with Gasteiger partial charge in [-0.15, -0.1) is 11.8 Å². The lowest BCUT2D eigenvalue weighted by Gasteiger charge is -2.11. The molecule has 2 aromatic rings. The average molecular weight is 302 g/mol. The van der Waals surface area contributed by atoms with Gasteiger partial charge < -0.3 is 5.43 Å². The zero-order valence-electron chi connectivity index (χ0n) is 12.8. The van der Waals surface area contributed by atoms with Crippen LogP contribution in [0.25, 0.3) is 0 Å². The van der Waals surface area contributed by atoms with E-state index in [-0.39, 0.29) is 0 Å². The fourth-order valence-corrected chi connectivity index (χ4v) is 3.39. The molecule has 5 heteroatoms. The van der Waals surface area contributed by atoms with Gasteiger partial charge in [-0.3, -0.25) is 0 Å². The molecular formula is C16H22N4S. The van der Waals surface area contributed by atoms with Gasteiger partial charge in [-0.2, -0.15) is 0 Å². The first-order chi connectivity index (χ1) is 10.1. The van der Waals surface area contributed by atoms with Crippen LogP contribution in [0.3, 0.4) is 0 Å². The van der Waals surface area contributed by atoms with Crippen LogP contribution in [0.4, 0.5) is 5.82 Å². The van der Waals surface area contributed by atoms with E-state index < -0.39 is 0 Å². The van der Waals surface area contributed by atoms with E-state index in [2.05, 4.69) is 54.4 Å². The molecule has 0 unspecified atom stereocenters. The lowest BCUT2D eigenvalue weighted by Crippen LogP contribution is -2.12. The maximum atomic E-state index is 5.55. The first-order valence-corrected chi connectivity index (χ1v) is 8.13. The van der Waals surface area contributed by atoms with Gasteiger partial charge in [-0.25, -0.2) is 15.8 Å². The van der Waals surface area contributed by atoms with Gasteiger partial charge in [0.15, 0.2) is 0 Å². The van der Waals surface area contributed by atoms with Crippen molar-refractivity contribution in [1.29, 1.82) is 0 Å². The number of nitrogen functional groups attached to an aromatic ring is 1. The van der Waals surface area contributed by atoms with Crippen molar-refractivity contribution < 1.29 is 0 Å². The third-order valence-corrected chi connectivity index (χ3v) is 4.30. The van der Waals surface area contributed by atoms with Crippen LogP contribution in [-0.2, 0) is 12.2 Å². The zero-order chi connectivity index (χ0) is 15.2. The van der Waals surface area contributed by atoms with E-state index in [1.54, 1.807) is 18.1 Å². The summed E-state index contributed by atoms with van der Waals surface area (Å²) >= 11 is 1.74. The summed E-state index contributed by atoms with van der Waals surface area (Å²) in [6, 6.07) is 6.64. The number of aryl methyl sites for hydroxylation is 2. The first-order valence-electron chi connectivity index (χ1n) is 7.14. The Balaban J connectivity index is 2.19. The Morgan fingerprint density at radius 2 is 1.86 bits per heavy atom. The number of thioether (sulfide) groups is 1. The Morgan fingerprint density at radius 3 is 2.48 bits per heavy atom. The zero-order valence-corrected chi connectivity index (χ0v) is 13.6. The van der Waals surface area contributed by atoms with Gasteiger partial charge in [0, 0.05) is 11.3 Å². The number of hydrogen-bond donors (Lipinski definition) is 2. The molecule has 0 atom stereocenters. The second kappa shape index (κ2) is 7.43. The molecule has 0 fully saturated rings. The highest BCUT2D eigenvalue weighted by Gasteiger charge is 2.11. The summed E-state index contributed by atoms with van der Waals surface area (Å²) in [4.78, 5) is 8.62. The number of hydrogen-bond acceptors (Lipinski definition) is 5. The topological polar surface area (TPSA) is 63.8 Å². The smallest absolute Gasteiger partial charge is 0.147 e. The largest absolute Gasteiger partial charge is 0.308 e. The van der Waals surface area contributed by atoms with Crippen molar-refractivity contribution in [2.24, 2.45) is 5.84 Å². The summed E-state index contributed by atoms with van der Waals surface area (Å²) in [5.74, 6) is 7.18. The van der Waals surface area contributed by atoms with Crippen molar-refractivity contribution in [1.82, 2.24) is 9.97 Å². The monoisotopic (exact) mass is 302 g/mol. The van der Waals surface area contributed by atoms with Crippen LogP contribution >= 0.6 is 11.8 Å². The predicted octanol–water partition coefficient (Wildman–Crippen LogP) is 3.62. The number of anilines is 1. The molecule has 21 heavy (non-hydrogen) atoms. The fraction of sp³-hybridized carbons (Fsp3) is 0.375. The SMILES string of the molecule is CCCc1c(NN)ncnc1SCc1cc(C)cc(C)c1. The third kappa shape index (κ3) is 4.19. The molecule has 1 heterocycles. The van der Waals surface area contributed by atoms with Crippen molar-refractivity contribution >= 4 is 17.6 Å². The molecule has 0 spiro atoms. The molecule has 0 aliphatic carbocycles. The first kappa shape index (κ1) is 15.8. The van der Waals surface area contributed by atoms with E-state index in [9.17, 15) is 0 Å². The van der Waals surface area contributed by atoms with Gasteiger partial charge in [0.25, 0.3) is 0 Å². The van der Waals surface area contributed by atoms with E-state index in [0.29, 0.717) is 0 Å². The van der Waals surface area contributed by atoms with Crippen molar-refractivity contribution in [2.75, 3.05) is 5.43 Å². The number of hydrazine groups is 1. The highest BCUT2D eigenvalue weighted by Crippen LogP contribution is 2.28. The summed E-state index contributed by atoms with van der Waals surface area (Å²) in [6.07, 6.45) is 3.53. The molecule has 0 saturated heterocycles. The maximum absolute atomic E-state index is 5.55. The molecule has 112 valence electrons.